The Morgan fingerprint density at radius 1 is 1.15 bits per heavy atom. The van der Waals surface area contributed by atoms with Gasteiger partial charge in [-0.2, -0.15) is 0 Å². The normalized spacial score (nSPS) is 12.2. The number of benzene rings is 1. The van der Waals surface area contributed by atoms with Crippen molar-refractivity contribution in [3.05, 3.63) is 30.1 Å². The Labute approximate surface area is 156 Å². The van der Waals surface area contributed by atoms with Crippen LogP contribution in [0.5, 0.6) is 0 Å². The molecule has 0 unspecified atom stereocenters. The second kappa shape index (κ2) is 12.6. The number of hydrogen-bond acceptors (Lipinski definition) is 4. The largest absolute Gasteiger partial charge is 0.381 e. The zero-order valence-electron chi connectivity index (χ0n) is 15.6. The standard InChI is InChI=1S/C18H30FN3O3S/c1-3-5-13-25-14-8-11-21-18(20-4-2)22-12-15-26(23,24)17-10-7-6-9-16(17)19/h6-7,9-10H,3-5,8,11-15H2,1-2H3,(H2,20,21,22). The van der Waals surface area contributed by atoms with Gasteiger partial charge in [0.25, 0.3) is 0 Å². The van der Waals surface area contributed by atoms with Gasteiger partial charge in [-0.1, -0.05) is 25.5 Å². The summed E-state index contributed by atoms with van der Waals surface area (Å²) >= 11 is 0. The van der Waals surface area contributed by atoms with E-state index in [4.69, 9.17) is 4.74 Å². The highest BCUT2D eigenvalue weighted by molar-refractivity contribution is 7.91. The summed E-state index contributed by atoms with van der Waals surface area (Å²) in [7, 11) is -3.68. The first-order valence-corrected chi connectivity index (χ1v) is 10.7. The molecular formula is C18H30FN3O3S. The third-order valence-electron chi connectivity index (χ3n) is 3.54. The van der Waals surface area contributed by atoms with Crippen molar-refractivity contribution in [1.29, 1.82) is 0 Å². The lowest BCUT2D eigenvalue weighted by molar-refractivity contribution is 0.130. The molecular weight excluding hydrogens is 357 g/mol. The average Bonchev–Trinajstić information content (AvgIpc) is 2.61. The van der Waals surface area contributed by atoms with Crippen molar-refractivity contribution in [3.8, 4) is 0 Å². The molecule has 0 radical (unpaired) electrons. The summed E-state index contributed by atoms with van der Waals surface area (Å²) in [5, 5.41) is 6.03. The molecule has 0 aliphatic carbocycles. The SMILES string of the molecule is CCCCOCCCN=C(NCC)NCCS(=O)(=O)c1ccccc1F. The Bertz CT molecular complexity index is 651. The summed E-state index contributed by atoms with van der Waals surface area (Å²) in [6, 6.07) is 5.41. The molecule has 26 heavy (non-hydrogen) atoms. The van der Waals surface area contributed by atoms with Crippen molar-refractivity contribution in [2.75, 3.05) is 38.6 Å². The maximum absolute atomic E-state index is 13.7. The summed E-state index contributed by atoms with van der Waals surface area (Å²) in [6.07, 6.45) is 2.97. The molecule has 148 valence electrons. The molecule has 0 amide bonds. The number of hydrogen-bond donors (Lipinski definition) is 2. The Kier molecular flexibility index (Phi) is 10.9. The van der Waals surface area contributed by atoms with E-state index < -0.39 is 15.7 Å². The molecule has 1 aromatic rings. The zero-order valence-corrected chi connectivity index (χ0v) is 16.4. The van der Waals surface area contributed by atoms with Crippen LogP contribution in [0, 0.1) is 5.82 Å². The number of guanidine groups is 1. The van der Waals surface area contributed by atoms with Gasteiger partial charge < -0.3 is 15.4 Å². The Balaban J connectivity index is 2.43. The van der Waals surface area contributed by atoms with E-state index in [-0.39, 0.29) is 17.2 Å². The fourth-order valence-electron chi connectivity index (χ4n) is 2.16. The van der Waals surface area contributed by atoms with Crippen LogP contribution in [-0.4, -0.2) is 53.0 Å². The van der Waals surface area contributed by atoms with Crippen molar-refractivity contribution < 1.29 is 17.5 Å². The molecule has 0 saturated carbocycles. The summed E-state index contributed by atoms with van der Waals surface area (Å²) in [6.45, 7) is 6.88. The van der Waals surface area contributed by atoms with Crippen LogP contribution in [0.3, 0.4) is 0 Å². The molecule has 0 fully saturated rings. The van der Waals surface area contributed by atoms with Gasteiger partial charge in [0.15, 0.2) is 15.8 Å². The van der Waals surface area contributed by atoms with E-state index >= 15 is 0 Å². The van der Waals surface area contributed by atoms with Crippen molar-refractivity contribution >= 4 is 15.8 Å². The molecule has 1 rings (SSSR count). The molecule has 1 aromatic carbocycles. The van der Waals surface area contributed by atoms with Crippen LogP contribution in [0.25, 0.3) is 0 Å². The highest BCUT2D eigenvalue weighted by Gasteiger charge is 2.18. The van der Waals surface area contributed by atoms with E-state index in [2.05, 4.69) is 22.5 Å². The third kappa shape index (κ3) is 8.62. The number of rotatable bonds is 12. The van der Waals surface area contributed by atoms with Crippen LogP contribution >= 0.6 is 0 Å². The van der Waals surface area contributed by atoms with Crippen LogP contribution in [0.15, 0.2) is 34.2 Å². The molecule has 0 heterocycles. The van der Waals surface area contributed by atoms with Crippen LogP contribution in [0.2, 0.25) is 0 Å². The van der Waals surface area contributed by atoms with Crippen LogP contribution in [0.4, 0.5) is 4.39 Å². The van der Waals surface area contributed by atoms with Gasteiger partial charge in [0, 0.05) is 32.8 Å². The summed E-state index contributed by atoms with van der Waals surface area (Å²) in [4.78, 5) is 4.12. The number of halogens is 1. The molecule has 0 atom stereocenters. The number of sulfone groups is 1. The van der Waals surface area contributed by atoms with E-state index in [1.165, 1.54) is 18.2 Å². The quantitative estimate of drug-likeness (QED) is 0.327. The monoisotopic (exact) mass is 387 g/mol. The van der Waals surface area contributed by atoms with Gasteiger partial charge in [0.05, 0.1) is 5.75 Å². The molecule has 0 aromatic heterocycles. The first-order chi connectivity index (χ1) is 12.5. The lowest BCUT2D eigenvalue weighted by atomic mass is 10.3. The Morgan fingerprint density at radius 2 is 1.88 bits per heavy atom. The lowest BCUT2D eigenvalue weighted by Crippen LogP contribution is -2.39. The van der Waals surface area contributed by atoms with Crippen LogP contribution in [-0.2, 0) is 14.6 Å². The van der Waals surface area contributed by atoms with Crippen LogP contribution in [0.1, 0.15) is 33.1 Å². The average molecular weight is 388 g/mol. The number of nitrogens with zero attached hydrogens (tertiary/aromatic N) is 1. The first-order valence-electron chi connectivity index (χ1n) is 9.08. The van der Waals surface area contributed by atoms with Crippen molar-refractivity contribution in [2.24, 2.45) is 4.99 Å². The fraction of sp³-hybridized carbons (Fsp3) is 0.611. The van der Waals surface area contributed by atoms with Crippen molar-refractivity contribution in [1.82, 2.24) is 10.6 Å². The Hall–Kier alpha value is -1.67. The van der Waals surface area contributed by atoms with E-state index in [0.717, 1.165) is 31.9 Å². The molecule has 0 saturated heterocycles. The molecule has 0 spiro atoms. The number of ether oxygens (including phenoxy) is 1. The highest BCUT2D eigenvalue weighted by Crippen LogP contribution is 2.14. The van der Waals surface area contributed by atoms with E-state index in [1.54, 1.807) is 0 Å². The summed E-state index contributed by atoms with van der Waals surface area (Å²) < 4.78 is 43.6. The minimum absolute atomic E-state index is 0.148. The molecule has 0 aliphatic rings. The van der Waals surface area contributed by atoms with Crippen molar-refractivity contribution in [3.63, 3.8) is 0 Å². The van der Waals surface area contributed by atoms with E-state index in [9.17, 15) is 12.8 Å². The van der Waals surface area contributed by atoms with Gasteiger partial charge in [-0.15, -0.1) is 0 Å². The van der Waals surface area contributed by atoms with Crippen molar-refractivity contribution in [2.45, 2.75) is 38.0 Å². The molecule has 8 heteroatoms. The van der Waals surface area contributed by atoms with Crippen LogP contribution < -0.4 is 10.6 Å². The summed E-state index contributed by atoms with van der Waals surface area (Å²) in [5.74, 6) is -0.390. The van der Waals surface area contributed by atoms with Gasteiger partial charge in [-0.3, -0.25) is 4.99 Å². The fourth-order valence-corrected chi connectivity index (χ4v) is 3.40. The van der Waals surface area contributed by atoms with Gasteiger partial charge in [-0.05, 0) is 31.9 Å². The molecule has 6 nitrogen and oxygen atoms in total. The number of aliphatic imine (C=N–C) groups is 1. The maximum Gasteiger partial charge on any atom is 0.191 e. The lowest BCUT2D eigenvalue weighted by Gasteiger charge is -2.12. The van der Waals surface area contributed by atoms with Gasteiger partial charge in [0.1, 0.15) is 10.7 Å². The molecule has 0 aliphatic heterocycles. The minimum Gasteiger partial charge on any atom is -0.381 e. The first kappa shape index (κ1) is 22.4. The van der Waals surface area contributed by atoms with Gasteiger partial charge in [0.2, 0.25) is 0 Å². The minimum atomic E-state index is -3.68. The maximum atomic E-state index is 13.7. The van der Waals surface area contributed by atoms with Gasteiger partial charge in [-0.25, -0.2) is 12.8 Å². The van der Waals surface area contributed by atoms with E-state index in [1.807, 2.05) is 6.92 Å². The molecule has 0 bridgehead atoms. The predicted octanol–water partition coefficient (Wildman–Crippen LogP) is 2.36. The zero-order chi connectivity index (χ0) is 19.3. The topological polar surface area (TPSA) is 79.8 Å². The highest BCUT2D eigenvalue weighted by atomic mass is 32.2. The van der Waals surface area contributed by atoms with Gasteiger partial charge >= 0.3 is 0 Å². The second-order valence-corrected chi connectivity index (χ2v) is 7.83. The third-order valence-corrected chi connectivity index (χ3v) is 5.28. The Morgan fingerprint density at radius 3 is 2.58 bits per heavy atom. The summed E-state index contributed by atoms with van der Waals surface area (Å²) in [5.41, 5.74) is 0. The second-order valence-electron chi connectivity index (χ2n) is 5.76. The van der Waals surface area contributed by atoms with E-state index in [0.29, 0.717) is 25.7 Å². The smallest absolute Gasteiger partial charge is 0.191 e. The molecule has 2 N–H and O–H groups in total. The predicted molar refractivity (Wildman–Crippen MR) is 103 cm³/mol. The number of nitrogens with one attached hydrogen (secondary N) is 2. The number of unbranched alkanes of at least 4 members (excludes halogenated alkanes) is 1.